The summed E-state index contributed by atoms with van der Waals surface area (Å²) in [6, 6.07) is 20.4. The van der Waals surface area contributed by atoms with Crippen molar-refractivity contribution in [3.8, 4) is 12.1 Å². The Morgan fingerprint density at radius 3 is 1.66 bits per heavy atom. The molecule has 1 fully saturated rings. The van der Waals surface area contributed by atoms with Gasteiger partial charge in [0, 0.05) is 21.0 Å². The summed E-state index contributed by atoms with van der Waals surface area (Å²) in [5.74, 6) is 0. The molecule has 0 unspecified atom stereocenters. The number of hydrogen-bond acceptors (Lipinski definition) is 2. The van der Waals surface area contributed by atoms with Gasteiger partial charge in [0.05, 0.1) is 24.0 Å². The Morgan fingerprint density at radius 1 is 0.862 bits per heavy atom. The van der Waals surface area contributed by atoms with Crippen LogP contribution in [0.1, 0.15) is 45.7 Å². The van der Waals surface area contributed by atoms with Gasteiger partial charge < -0.3 is 0 Å². The molecule has 2 aromatic carbocycles. The van der Waals surface area contributed by atoms with Crippen LogP contribution in [0.5, 0.6) is 0 Å². The lowest BCUT2D eigenvalue weighted by Crippen LogP contribution is -2.32. The Labute approximate surface area is 210 Å². The lowest BCUT2D eigenvalue weighted by atomic mass is 9.66. The van der Waals surface area contributed by atoms with Crippen LogP contribution in [0.25, 0.3) is 0 Å². The second-order valence-electron chi connectivity index (χ2n) is 6.25. The molecule has 0 radical (unpaired) electrons. The van der Waals surface area contributed by atoms with Crippen LogP contribution in [-0.2, 0) is 11.8 Å². The molecule has 0 aliphatic heterocycles. The van der Waals surface area contributed by atoms with Crippen molar-refractivity contribution >= 4 is 63.7 Å². The van der Waals surface area contributed by atoms with Crippen molar-refractivity contribution in [3.63, 3.8) is 0 Å². The number of alkyl halides is 2. The molecule has 29 heavy (non-hydrogen) atoms. The first-order valence-electron chi connectivity index (χ1n) is 8.92. The second-order valence-corrected chi connectivity index (χ2v) is 9.66. The molecule has 0 heterocycles. The number of rotatable bonds is 4. The minimum Gasteiger partial charge on any atom is -0.198 e. The van der Waals surface area contributed by atoms with Crippen molar-refractivity contribution < 1.29 is 1.43 Å². The van der Waals surface area contributed by atoms with Gasteiger partial charge in [0.15, 0.2) is 0 Å². The molecule has 0 bridgehead atoms. The molecule has 158 valence electrons. The highest BCUT2D eigenvalue weighted by atomic mass is 79.9. The summed E-state index contributed by atoms with van der Waals surface area (Å²) in [5.41, 5.74) is 2.07. The van der Waals surface area contributed by atoms with Crippen LogP contribution in [0.2, 0.25) is 0 Å². The first-order valence-corrected chi connectivity index (χ1v) is 12.7. The van der Waals surface area contributed by atoms with E-state index in [-0.39, 0.29) is 14.3 Å². The van der Waals surface area contributed by atoms with Gasteiger partial charge in [0.25, 0.3) is 0 Å². The van der Waals surface area contributed by atoms with Gasteiger partial charge in [-0.1, -0.05) is 95.4 Å². The molecule has 0 N–H and O–H groups in total. The van der Waals surface area contributed by atoms with E-state index in [2.05, 4.69) is 75.9 Å². The molecule has 0 aromatic heterocycles. The third kappa shape index (κ3) is 10.3. The molecular formula is C23H28Br4N2. The van der Waals surface area contributed by atoms with Crippen LogP contribution >= 0.6 is 63.7 Å². The van der Waals surface area contributed by atoms with E-state index >= 15 is 0 Å². The number of nitrogens with zero attached hydrogens (tertiary/aromatic N) is 2. The summed E-state index contributed by atoms with van der Waals surface area (Å²) in [6.45, 7) is 0. The van der Waals surface area contributed by atoms with Gasteiger partial charge in [-0.05, 0) is 61.1 Å². The van der Waals surface area contributed by atoms with Gasteiger partial charge in [0.2, 0.25) is 0 Å². The van der Waals surface area contributed by atoms with Gasteiger partial charge in [-0.2, -0.15) is 10.5 Å². The van der Waals surface area contributed by atoms with Crippen LogP contribution in [0.3, 0.4) is 0 Å². The molecule has 2 nitrogen and oxygen atoms in total. The van der Waals surface area contributed by atoms with Gasteiger partial charge >= 0.3 is 0 Å². The Balaban J connectivity index is 0. The fourth-order valence-corrected chi connectivity index (χ4v) is 4.35. The minimum atomic E-state index is -0.166. The molecule has 6 heteroatoms. The highest BCUT2D eigenvalue weighted by Gasteiger charge is 2.38. The lowest BCUT2D eigenvalue weighted by Gasteiger charge is -2.35. The monoisotopic (exact) mass is 648 g/mol. The van der Waals surface area contributed by atoms with E-state index in [1.165, 1.54) is 18.4 Å². The topological polar surface area (TPSA) is 47.6 Å². The van der Waals surface area contributed by atoms with Gasteiger partial charge in [-0.15, -0.1) is 0 Å². The molecule has 0 atom stereocenters. The van der Waals surface area contributed by atoms with Crippen LogP contribution in [0.15, 0.2) is 57.5 Å². The Morgan fingerprint density at radius 2 is 1.34 bits per heavy atom. The van der Waals surface area contributed by atoms with Crippen LogP contribution in [0, 0.1) is 22.7 Å². The van der Waals surface area contributed by atoms with E-state index in [0.717, 1.165) is 38.0 Å². The summed E-state index contributed by atoms with van der Waals surface area (Å²) in [4.78, 5) is 0. The quantitative estimate of drug-likeness (QED) is 0.310. The predicted octanol–water partition coefficient (Wildman–Crippen LogP) is 8.96. The van der Waals surface area contributed by atoms with Crippen molar-refractivity contribution in [2.75, 3.05) is 10.7 Å². The second kappa shape index (κ2) is 16.1. The van der Waals surface area contributed by atoms with E-state index in [0.29, 0.717) is 6.42 Å². The molecular weight excluding hydrogens is 624 g/mol. The zero-order valence-corrected chi connectivity index (χ0v) is 21.8. The largest absolute Gasteiger partial charge is 0.198 e. The Kier molecular flexibility index (Phi) is 15.7. The highest BCUT2D eigenvalue weighted by Crippen LogP contribution is 2.43. The van der Waals surface area contributed by atoms with E-state index in [4.69, 9.17) is 10.5 Å². The van der Waals surface area contributed by atoms with Gasteiger partial charge in [-0.3, -0.25) is 0 Å². The van der Waals surface area contributed by atoms with Crippen LogP contribution < -0.4 is 0 Å². The fourth-order valence-electron chi connectivity index (χ4n) is 2.51. The average Bonchev–Trinajstić information content (AvgIpc) is 2.67. The smallest absolute Gasteiger partial charge is 0.0822 e. The average molecular weight is 652 g/mol. The SMILES string of the molecule is BrCCCBr.C.N#CC1(c2ccc(Br)cc2)CCC1.N#CCc1ccc(Br)cc1.[HH]. The van der Waals surface area contributed by atoms with Crippen molar-refractivity contribution in [2.45, 2.75) is 44.9 Å². The number of nitriles is 2. The first-order chi connectivity index (χ1) is 13.5. The summed E-state index contributed by atoms with van der Waals surface area (Å²) in [6.07, 6.45) is 4.94. The van der Waals surface area contributed by atoms with E-state index in [1.807, 2.05) is 48.5 Å². The molecule has 0 amide bonds. The molecule has 1 saturated carbocycles. The van der Waals surface area contributed by atoms with E-state index in [1.54, 1.807) is 0 Å². The summed E-state index contributed by atoms with van der Waals surface area (Å²) in [5, 5.41) is 19.6. The molecule has 1 aliphatic rings. The third-order valence-corrected chi connectivity index (χ3v) is 6.46. The van der Waals surface area contributed by atoms with Crippen molar-refractivity contribution in [2.24, 2.45) is 0 Å². The summed E-state index contributed by atoms with van der Waals surface area (Å²) in [7, 11) is 0. The zero-order chi connectivity index (χ0) is 20.8. The molecule has 2 aromatic rings. The zero-order valence-electron chi connectivity index (χ0n) is 15.5. The van der Waals surface area contributed by atoms with Crippen LogP contribution in [-0.4, -0.2) is 10.7 Å². The molecule has 0 saturated heterocycles. The Hall–Kier alpha value is -0.660. The predicted molar refractivity (Wildman–Crippen MR) is 140 cm³/mol. The standard InChI is InChI=1S/C11H10BrN.C8H6BrN.C3H6Br2.CH4.H2/c12-10-4-2-9(3-5-10)11(8-13)6-1-7-11;9-8-3-1-7(2-4-8)5-6-10;4-2-1-3-5;;/h2-5H,1,6-7H2;1-4H,5H2;1-3H2;1H4;1H. The number of benzene rings is 2. The van der Waals surface area contributed by atoms with Gasteiger partial charge in [0.1, 0.15) is 0 Å². The van der Waals surface area contributed by atoms with Gasteiger partial charge in [-0.25, -0.2) is 0 Å². The maximum atomic E-state index is 9.10. The highest BCUT2D eigenvalue weighted by molar-refractivity contribution is 9.11. The van der Waals surface area contributed by atoms with Crippen molar-refractivity contribution in [1.29, 1.82) is 10.5 Å². The Bertz CT molecular complexity index is 775. The summed E-state index contributed by atoms with van der Waals surface area (Å²) >= 11 is 13.3. The fraction of sp³-hybridized carbons (Fsp3) is 0.391. The molecule has 3 rings (SSSR count). The first kappa shape index (κ1) is 28.3. The van der Waals surface area contributed by atoms with E-state index in [9.17, 15) is 0 Å². The number of halogens is 4. The molecule has 0 spiro atoms. The van der Waals surface area contributed by atoms with Crippen molar-refractivity contribution in [1.82, 2.24) is 0 Å². The molecule has 1 aliphatic carbocycles. The minimum absolute atomic E-state index is 0. The van der Waals surface area contributed by atoms with Crippen LogP contribution in [0.4, 0.5) is 0 Å². The maximum Gasteiger partial charge on any atom is 0.0822 e. The number of hydrogen-bond donors (Lipinski definition) is 0. The van der Waals surface area contributed by atoms with E-state index < -0.39 is 0 Å². The van der Waals surface area contributed by atoms with Crippen molar-refractivity contribution in [3.05, 3.63) is 68.6 Å². The normalized spacial score (nSPS) is 12.9. The summed E-state index contributed by atoms with van der Waals surface area (Å²) < 4.78 is 2.12. The third-order valence-electron chi connectivity index (χ3n) is 4.28. The maximum absolute atomic E-state index is 9.10. The lowest BCUT2D eigenvalue weighted by molar-refractivity contribution is 0.324.